The maximum atomic E-state index is 13.9. The number of Topliss-reactive ketones (excluding diaryl/α,β-unsaturated/α-hetero) is 1. The van der Waals surface area contributed by atoms with Crippen molar-refractivity contribution in [2.75, 3.05) is 6.54 Å². The number of hydrogen-bond donors (Lipinski definition) is 7. The predicted octanol–water partition coefficient (Wildman–Crippen LogP) is 1.09. The molecule has 5 atom stereocenters. The Morgan fingerprint density at radius 3 is 2.22 bits per heavy atom. The van der Waals surface area contributed by atoms with Crippen LogP contribution in [0.25, 0.3) is 10.9 Å². The van der Waals surface area contributed by atoms with E-state index in [2.05, 4.69) is 39.1 Å². The average molecular weight is 623 g/mol. The highest BCUT2D eigenvalue weighted by Crippen LogP contribution is 2.21. The number of carbonyl (C=O) groups excluding carboxylic acids is 5. The first kappa shape index (κ1) is 36.3. The summed E-state index contributed by atoms with van der Waals surface area (Å²) in [6.45, 7) is 10.7. The maximum Gasteiger partial charge on any atom is 0.242 e. The molecule has 13 heteroatoms. The second-order valence-electron chi connectivity index (χ2n) is 11.1. The number of aromatic nitrogens is 1. The second-order valence-corrected chi connectivity index (χ2v) is 11.1. The van der Waals surface area contributed by atoms with Gasteiger partial charge in [-0.1, -0.05) is 37.3 Å². The minimum atomic E-state index is -1.03. The first-order valence-corrected chi connectivity index (χ1v) is 14.9. The van der Waals surface area contributed by atoms with Gasteiger partial charge in [0.15, 0.2) is 11.7 Å². The number of aromatic amines is 1. The third-order valence-corrected chi connectivity index (χ3v) is 7.41. The van der Waals surface area contributed by atoms with Crippen LogP contribution in [0.15, 0.2) is 60.8 Å². The number of H-pyrrole nitrogens is 1. The number of nitrogens with zero attached hydrogens (tertiary/aromatic N) is 1. The summed E-state index contributed by atoms with van der Waals surface area (Å²) in [6.07, 6.45) is 5.87. The Labute approximate surface area is 263 Å². The number of nitrogens with two attached hydrogens (primary N) is 3. The fourth-order valence-electron chi connectivity index (χ4n) is 4.80. The highest BCUT2D eigenvalue weighted by Gasteiger charge is 2.31. The van der Waals surface area contributed by atoms with E-state index in [9.17, 15) is 24.0 Å². The molecule has 0 saturated carbocycles. The Morgan fingerprint density at radius 2 is 1.58 bits per heavy atom. The summed E-state index contributed by atoms with van der Waals surface area (Å²) >= 11 is 0. The van der Waals surface area contributed by atoms with Gasteiger partial charge in [0.25, 0.3) is 0 Å². The van der Waals surface area contributed by atoms with Crippen molar-refractivity contribution in [3.63, 3.8) is 0 Å². The Balaban J connectivity index is 2.33. The van der Waals surface area contributed by atoms with Crippen LogP contribution in [0.2, 0.25) is 0 Å². The molecule has 0 bridgehead atoms. The number of hydrogen-bond acceptors (Lipinski definition) is 6. The van der Waals surface area contributed by atoms with Gasteiger partial charge in [-0.3, -0.25) is 29.0 Å². The van der Waals surface area contributed by atoms with Gasteiger partial charge in [-0.25, -0.2) is 0 Å². The van der Waals surface area contributed by atoms with E-state index in [1.165, 1.54) is 13.0 Å². The number of benzene rings is 1. The Hall–Kier alpha value is -4.94. The zero-order chi connectivity index (χ0) is 33.5. The monoisotopic (exact) mass is 622 g/mol. The molecule has 0 saturated heterocycles. The van der Waals surface area contributed by atoms with Crippen LogP contribution in [0.4, 0.5) is 0 Å². The number of primary amides is 1. The minimum Gasteiger partial charge on any atom is -0.370 e. The van der Waals surface area contributed by atoms with Crippen LogP contribution in [0.5, 0.6) is 0 Å². The summed E-state index contributed by atoms with van der Waals surface area (Å²) < 4.78 is 0. The molecule has 0 radical (unpaired) electrons. The number of ketones is 1. The topological polar surface area (TPSA) is 228 Å². The van der Waals surface area contributed by atoms with Gasteiger partial charge < -0.3 is 38.1 Å². The van der Waals surface area contributed by atoms with E-state index >= 15 is 0 Å². The van der Waals surface area contributed by atoms with Crippen molar-refractivity contribution < 1.29 is 24.0 Å². The highest BCUT2D eigenvalue weighted by atomic mass is 16.2. The summed E-state index contributed by atoms with van der Waals surface area (Å²) in [5, 5.41) is 8.96. The third kappa shape index (κ3) is 11.6. The molecule has 45 heavy (non-hydrogen) atoms. The van der Waals surface area contributed by atoms with Gasteiger partial charge in [0.1, 0.15) is 12.1 Å². The number of guanidine groups is 1. The van der Waals surface area contributed by atoms with Crippen LogP contribution in [0, 0.1) is 11.8 Å². The lowest BCUT2D eigenvalue weighted by atomic mass is 9.90. The lowest BCUT2D eigenvalue weighted by Gasteiger charge is -2.24. The van der Waals surface area contributed by atoms with Gasteiger partial charge in [0, 0.05) is 48.3 Å². The fourth-order valence-corrected chi connectivity index (χ4v) is 4.80. The highest BCUT2D eigenvalue weighted by molar-refractivity contribution is 5.96. The van der Waals surface area contributed by atoms with E-state index < -0.39 is 47.5 Å². The molecule has 0 fully saturated rings. The van der Waals surface area contributed by atoms with E-state index in [1.807, 2.05) is 24.3 Å². The van der Waals surface area contributed by atoms with Gasteiger partial charge in [-0.05, 0) is 44.2 Å². The quantitative estimate of drug-likeness (QED) is 0.0491. The number of rotatable bonds is 20. The number of carbonyl (C=O) groups is 5. The Kier molecular flexibility index (Phi) is 14.5. The molecule has 1 heterocycles. The lowest BCUT2D eigenvalue weighted by molar-refractivity contribution is -0.134. The number of aliphatic imine (C=N–C) groups is 1. The largest absolute Gasteiger partial charge is 0.370 e. The van der Waals surface area contributed by atoms with Gasteiger partial charge in [0.05, 0.1) is 6.04 Å². The number of para-hydroxylation sites is 1. The van der Waals surface area contributed by atoms with Crippen LogP contribution in [0.3, 0.4) is 0 Å². The molecule has 4 amide bonds. The maximum absolute atomic E-state index is 13.9. The summed E-state index contributed by atoms with van der Waals surface area (Å²) in [5.41, 5.74) is 17.9. The lowest BCUT2D eigenvalue weighted by Crippen LogP contribution is -2.52. The molecule has 0 aliphatic carbocycles. The van der Waals surface area contributed by atoms with E-state index in [1.54, 1.807) is 19.2 Å². The van der Waals surface area contributed by atoms with Gasteiger partial charge in [-0.2, -0.15) is 0 Å². The number of amides is 4. The molecule has 2 rings (SSSR count). The average Bonchev–Trinajstić information content (AvgIpc) is 3.40. The van der Waals surface area contributed by atoms with E-state index in [-0.39, 0.29) is 50.0 Å². The standard InChI is InChI=1S/C32H46N8O5/c1-5-10-19(3)29(43)38-20(4)30(44)40-26(16-22-18-37-24-14-8-7-13-23(22)24)27(41)17-21(12-9-15-36-32(34)35)31(45)39-25(11-6-2)28(33)42/h5-8,13-14,18-21,25-26,37H,1-2,9-12,15-17H2,3-4H3,(H2,33,42)(H,38,43)(H,39,45)(H,40,44)(H4,34,35,36)/t19-,20-,21+,25-,26-/m0/s1. The van der Waals surface area contributed by atoms with Crippen molar-refractivity contribution >= 4 is 46.3 Å². The third-order valence-electron chi connectivity index (χ3n) is 7.41. The van der Waals surface area contributed by atoms with Crippen molar-refractivity contribution in [3.05, 3.63) is 61.3 Å². The summed E-state index contributed by atoms with van der Waals surface area (Å²) in [6, 6.07) is 4.57. The molecule has 244 valence electrons. The van der Waals surface area contributed by atoms with Gasteiger partial charge in [0.2, 0.25) is 23.6 Å². The molecule has 0 aliphatic heterocycles. The van der Waals surface area contributed by atoms with Crippen LogP contribution < -0.4 is 33.2 Å². The predicted molar refractivity (Wildman–Crippen MR) is 174 cm³/mol. The van der Waals surface area contributed by atoms with Crippen LogP contribution >= 0.6 is 0 Å². The zero-order valence-corrected chi connectivity index (χ0v) is 26.0. The summed E-state index contributed by atoms with van der Waals surface area (Å²) in [7, 11) is 0. The molecule has 1 aromatic heterocycles. The number of allylic oxidation sites excluding steroid dienone is 1. The fraction of sp³-hybridized carbons (Fsp3) is 0.438. The Bertz CT molecular complexity index is 1400. The van der Waals surface area contributed by atoms with Crippen molar-refractivity contribution in [3.8, 4) is 0 Å². The first-order valence-electron chi connectivity index (χ1n) is 14.9. The molecule has 1 aromatic carbocycles. The Morgan fingerprint density at radius 1 is 0.911 bits per heavy atom. The summed E-state index contributed by atoms with van der Waals surface area (Å²) in [5.74, 6) is -3.94. The normalized spacial score (nSPS) is 14.2. The van der Waals surface area contributed by atoms with Gasteiger partial charge in [-0.15, -0.1) is 13.2 Å². The van der Waals surface area contributed by atoms with E-state index in [0.717, 1.165) is 16.5 Å². The molecule has 13 nitrogen and oxygen atoms in total. The summed E-state index contributed by atoms with van der Waals surface area (Å²) in [4.78, 5) is 72.0. The molecule has 2 aromatic rings. The molecule has 0 unspecified atom stereocenters. The van der Waals surface area contributed by atoms with Crippen molar-refractivity contribution in [2.24, 2.45) is 34.0 Å². The van der Waals surface area contributed by atoms with Crippen molar-refractivity contribution in [2.45, 2.75) is 70.5 Å². The zero-order valence-electron chi connectivity index (χ0n) is 26.0. The molecule has 0 spiro atoms. The number of fused-ring (bicyclic) bond motifs is 1. The van der Waals surface area contributed by atoms with Crippen LogP contribution in [0.1, 0.15) is 51.5 Å². The SMILES string of the molecule is C=CC[C@H](NC(=O)[C@H](CCCN=C(N)N)CC(=O)[C@H](Cc1c[nH]c2ccccc12)NC(=O)[C@H](C)NC(=O)[C@@H](C)CC=C)C(N)=O. The van der Waals surface area contributed by atoms with Crippen LogP contribution in [-0.2, 0) is 30.4 Å². The molecular formula is C32H46N8O5. The van der Waals surface area contributed by atoms with Crippen molar-refractivity contribution in [1.82, 2.24) is 20.9 Å². The van der Waals surface area contributed by atoms with Crippen molar-refractivity contribution in [1.29, 1.82) is 0 Å². The van der Waals surface area contributed by atoms with E-state index in [0.29, 0.717) is 12.8 Å². The molecular weight excluding hydrogens is 576 g/mol. The molecule has 10 N–H and O–H groups in total. The first-order chi connectivity index (χ1) is 21.4. The van der Waals surface area contributed by atoms with Crippen LogP contribution in [-0.4, -0.2) is 65.0 Å². The number of nitrogens with one attached hydrogen (secondary N) is 4. The smallest absolute Gasteiger partial charge is 0.242 e. The van der Waals surface area contributed by atoms with Gasteiger partial charge >= 0.3 is 0 Å². The minimum absolute atomic E-state index is 0.103. The molecule has 0 aliphatic rings. The van der Waals surface area contributed by atoms with E-state index in [4.69, 9.17) is 17.2 Å². The second kappa shape index (κ2) is 18.0.